The van der Waals surface area contributed by atoms with Crippen molar-refractivity contribution in [1.29, 1.82) is 0 Å². The highest BCUT2D eigenvalue weighted by Gasteiger charge is 2.39. The second-order valence-electron chi connectivity index (χ2n) is 5.13. The molecule has 8 nitrogen and oxygen atoms in total. The van der Waals surface area contributed by atoms with E-state index in [9.17, 15) is 14.7 Å². The van der Waals surface area contributed by atoms with Gasteiger partial charge in [-0.1, -0.05) is 0 Å². The number of carbonyl (C=O) groups is 2. The van der Waals surface area contributed by atoms with Crippen molar-refractivity contribution in [3.8, 4) is 0 Å². The minimum Gasteiger partial charge on any atom is -0.480 e. The molecule has 1 aliphatic rings. The highest BCUT2D eigenvalue weighted by Crippen LogP contribution is 2.20. The van der Waals surface area contributed by atoms with Crippen molar-refractivity contribution in [1.82, 2.24) is 14.7 Å². The Morgan fingerprint density at radius 3 is 2.75 bits per heavy atom. The van der Waals surface area contributed by atoms with Crippen LogP contribution >= 0.6 is 0 Å². The van der Waals surface area contributed by atoms with E-state index in [-0.39, 0.29) is 19.0 Å². The first-order chi connectivity index (χ1) is 9.38. The predicted molar refractivity (Wildman–Crippen MR) is 70.4 cm³/mol. The Balaban J connectivity index is 2.05. The van der Waals surface area contributed by atoms with Crippen LogP contribution in [0, 0.1) is 0 Å². The molecule has 20 heavy (non-hydrogen) atoms. The number of aromatic nitrogens is 2. The largest absolute Gasteiger partial charge is 0.480 e. The number of carboxylic acid groups (broad SMARTS) is 1. The number of carboxylic acids is 1. The number of rotatable bonds is 3. The summed E-state index contributed by atoms with van der Waals surface area (Å²) in [7, 11) is 0. The van der Waals surface area contributed by atoms with Gasteiger partial charge in [-0.3, -0.25) is 4.68 Å². The fourth-order valence-electron chi connectivity index (χ4n) is 2.15. The van der Waals surface area contributed by atoms with Crippen LogP contribution in [0.25, 0.3) is 0 Å². The van der Waals surface area contributed by atoms with E-state index in [4.69, 9.17) is 5.11 Å². The number of amides is 2. The van der Waals surface area contributed by atoms with Crippen LogP contribution in [0.5, 0.6) is 0 Å². The van der Waals surface area contributed by atoms with Crippen molar-refractivity contribution in [2.75, 3.05) is 11.9 Å². The topological polar surface area (TPSA) is 108 Å². The lowest BCUT2D eigenvalue weighted by Crippen LogP contribution is -2.43. The number of carbonyl (C=O) groups excluding carboxylic acids is 1. The molecule has 1 aromatic rings. The van der Waals surface area contributed by atoms with Crippen molar-refractivity contribution >= 4 is 17.7 Å². The number of nitrogens with one attached hydrogen (secondary N) is 1. The quantitative estimate of drug-likeness (QED) is 0.749. The zero-order valence-electron chi connectivity index (χ0n) is 11.4. The number of hydrogen-bond donors (Lipinski definition) is 3. The molecule has 0 bridgehead atoms. The lowest BCUT2D eigenvalue weighted by atomic mass is 10.2. The third-order valence-corrected chi connectivity index (χ3v) is 3.21. The first-order valence-corrected chi connectivity index (χ1v) is 6.41. The summed E-state index contributed by atoms with van der Waals surface area (Å²) in [4.78, 5) is 24.2. The molecule has 1 unspecified atom stereocenters. The third-order valence-electron chi connectivity index (χ3n) is 3.21. The number of aliphatic hydroxyl groups excluding tert-OH is 1. The smallest absolute Gasteiger partial charge is 0.326 e. The Hall–Kier alpha value is -2.09. The maximum absolute atomic E-state index is 12.1. The zero-order valence-corrected chi connectivity index (χ0v) is 11.4. The Labute approximate surface area is 116 Å². The molecule has 1 fully saturated rings. The summed E-state index contributed by atoms with van der Waals surface area (Å²) in [5.41, 5.74) is 0.495. The molecule has 2 atom stereocenters. The van der Waals surface area contributed by atoms with Gasteiger partial charge in [0, 0.05) is 25.2 Å². The fraction of sp³-hybridized carbons (Fsp3) is 0.583. The van der Waals surface area contributed by atoms with Gasteiger partial charge in [0.25, 0.3) is 0 Å². The van der Waals surface area contributed by atoms with Crippen LogP contribution in [0.15, 0.2) is 12.4 Å². The number of aliphatic carboxylic acids is 1. The van der Waals surface area contributed by atoms with E-state index in [1.807, 2.05) is 13.8 Å². The van der Waals surface area contributed by atoms with Gasteiger partial charge < -0.3 is 20.4 Å². The Bertz CT molecular complexity index is 513. The van der Waals surface area contributed by atoms with Crippen LogP contribution in [0.3, 0.4) is 0 Å². The monoisotopic (exact) mass is 282 g/mol. The van der Waals surface area contributed by atoms with Gasteiger partial charge in [0.1, 0.15) is 6.04 Å². The second kappa shape index (κ2) is 5.49. The van der Waals surface area contributed by atoms with Gasteiger partial charge in [0.2, 0.25) is 0 Å². The van der Waals surface area contributed by atoms with E-state index in [1.165, 1.54) is 6.20 Å². The highest BCUT2D eigenvalue weighted by atomic mass is 16.4. The maximum atomic E-state index is 12.1. The first kappa shape index (κ1) is 14.3. The minimum absolute atomic E-state index is 0.0150. The number of β-amino-alcohol motifs (C(OH)–C–C–N with tert-alkyl or cyclic N) is 1. The Morgan fingerprint density at radius 1 is 1.50 bits per heavy atom. The molecular weight excluding hydrogens is 264 g/mol. The summed E-state index contributed by atoms with van der Waals surface area (Å²) in [5.74, 6) is -1.12. The molecule has 2 amide bonds. The Kier molecular flexibility index (Phi) is 3.93. The van der Waals surface area contributed by atoms with Crippen LogP contribution in [0.4, 0.5) is 10.5 Å². The van der Waals surface area contributed by atoms with Gasteiger partial charge in [-0.2, -0.15) is 5.10 Å². The van der Waals surface area contributed by atoms with Gasteiger partial charge in [0.15, 0.2) is 0 Å². The summed E-state index contributed by atoms with van der Waals surface area (Å²) in [6, 6.07) is -1.37. The predicted octanol–water partition coefficient (Wildman–Crippen LogP) is 0.516. The van der Waals surface area contributed by atoms with Crippen LogP contribution < -0.4 is 5.32 Å². The van der Waals surface area contributed by atoms with Gasteiger partial charge in [-0.25, -0.2) is 9.59 Å². The van der Waals surface area contributed by atoms with Crippen LogP contribution in [-0.4, -0.2) is 55.6 Å². The molecule has 8 heteroatoms. The average Bonchev–Trinajstić information content (AvgIpc) is 2.95. The molecule has 110 valence electrons. The second-order valence-corrected chi connectivity index (χ2v) is 5.13. The molecule has 0 saturated carbocycles. The van der Waals surface area contributed by atoms with Crippen LogP contribution in [-0.2, 0) is 4.79 Å². The van der Waals surface area contributed by atoms with Gasteiger partial charge in [0.05, 0.1) is 18.0 Å². The van der Waals surface area contributed by atoms with Gasteiger partial charge in [-0.15, -0.1) is 0 Å². The summed E-state index contributed by atoms with van der Waals surface area (Å²) in [6.45, 7) is 3.92. The summed E-state index contributed by atoms with van der Waals surface area (Å²) < 4.78 is 1.68. The molecule has 1 aliphatic heterocycles. The van der Waals surface area contributed by atoms with Crippen molar-refractivity contribution in [3.63, 3.8) is 0 Å². The van der Waals surface area contributed by atoms with Crippen LogP contribution in [0.1, 0.15) is 26.3 Å². The van der Waals surface area contributed by atoms with Gasteiger partial charge >= 0.3 is 12.0 Å². The van der Waals surface area contributed by atoms with Crippen molar-refractivity contribution in [2.45, 2.75) is 38.5 Å². The van der Waals surface area contributed by atoms with Gasteiger partial charge in [-0.05, 0) is 13.8 Å². The number of hydrogen-bond acceptors (Lipinski definition) is 4. The normalized spacial score (nSPS) is 22.3. The molecule has 0 aliphatic carbocycles. The minimum atomic E-state index is -1.12. The van der Waals surface area contributed by atoms with E-state index in [0.29, 0.717) is 5.69 Å². The van der Waals surface area contributed by atoms with E-state index in [1.54, 1.807) is 10.9 Å². The number of nitrogens with zero attached hydrogens (tertiary/aromatic N) is 3. The molecule has 0 spiro atoms. The third kappa shape index (κ3) is 2.90. The summed E-state index contributed by atoms with van der Waals surface area (Å²) in [6.07, 6.45) is 2.42. The highest BCUT2D eigenvalue weighted by molar-refractivity contribution is 5.92. The lowest BCUT2D eigenvalue weighted by Gasteiger charge is -2.20. The standard InChI is InChI=1S/C12H18N4O4/c1-7(2)16-5-8(4-13-16)14-12(20)15-6-9(17)3-10(15)11(18)19/h4-5,7,9-10,17H,3,6H2,1-2H3,(H,14,20)(H,18,19)/t9?,10-/m0/s1. The molecule has 2 heterocycles. The molecule has 3 N–H and O–H groups in total. The van der Waals surface area contributed by atoms with E-state index >= 15 is 0 Å². The average molecular weight is 282 g/mol. The number of anilines is 1. The molecule has 1 aromatic heterocycles. The van der Waals surface area contributed by atoms with E-state index in [2.05, 4.69) is 10.4 Å². The van der Waals surface area contributed by atoms with Crippen molar-refractivity contribution in [2.24, 2.45) is 0 Å². The number of aliphatic hydroxyl groups is 1. The number of urea groups is 1. The molecule has 0 aromatic carbocycles. The lowest BCUT2D eigenvalue weighted by molar-refractivity contribution is -0.141. The van der Waals surface area contributed by atoms with Crippen molar-refractivity contribution < 1.29 is 19.8 Å². The zero-order chi connectivity index (χ0) is 14.9. The van der Waals surface area contributed by atoms with Crippen LogP contribution in [0.2, 0.25) is 0 Å². The van der Waals surface area contributed by atoms with E-state index < -0.39 is 24.1 Å². The molecule has 1 saturated heterocycles. The van der Waals surface area contributed by atoms with E-state index in [0.717, 1.165) is 4.90 Å². The number of likely N-dealkylation sites (tertiary alicyclic amines) is 1. The Morgan fingerprint density at radius 2 is 2.20 bits per heavy atom. The SMILES string of the molecule is CC(C)n1cc(NC(=O)N2CC(O)C[C@H]2C(=O)O)cn1. The molecule has 0 radical (unpaired) electrons. The maximum Gasteiger partial charge on any atom is 0.326 e. The summed E-state index contributed by atoms with van der Waals surface area (Å²) >= 11 is 0. The fourth-order valence-corrected chi connectivity index (χ4v) is 2.15. The summed E-state index contributed by atoms with van der Waals surface area (Å²) in [5, 5.41) is 25.2. The molecular formula is C12H18N4O4. The first-order valence-electron chi connectivity index (χ1n) is 6.41. The molecule has 2 rings (SSSR count). The van der Waals surface area contributed by atoms with Crippen molar-refractivity contribution in [3.05, 3.63) is 12.4 Å².